The molecule has 1 atom stereocenters. The van der Waals surface area contributed by atoms with E-state index in [0.717, 1.165) is 5.75 Å². The molecule has 3 N–H and O–H groups in total. The van der Waals surface area contributed by atoms with Crippen molar-refractivity contribution in [2.24, 2.45) is 5.73 Å². The molecular weight excluding hydrogens is 218 g/mol. The number of aliphatic carboxylic acids is 1. The number of nitrogens with two attached hydrogens (primary N) is 1. The van der Waals surface area contributed by atoms with Crippen molar-refractivity contribution in [3.63, 3.8) is 0 Å². The van der Waals surface area contributed by atoms with E-state index >= 15 is 0 Å². The van der Waals surface area contributed by atoms with Crippen LogP contribution in [0.1, 0.15) is 6.42 Å². The lowest BCUT2D eigenvalue weighted by molar-refractivity contribution is -0.138. The number of carboxylic acids is 1. The van der Waals surface area contributed by atoms with Crippen molar-refractivity contribution in [2.45, 2.75) is 12.5 Å². The third kappa shape index (κ3) is 5.24. The number of rotatable bonds is 5. The van der Waals surface area contributed by atoms with Gasteiger partial charge in [-0.1, -0.05) is 18.2 Å². The Bertz CT molecular complexity index is 292. The molecule has 0 heterocycles. The van der Waals surface area contributed by atoms with Crippen molar-refractivity contribution in [3.8, 4) is 5.75 Å². The first kappa shape index (κ1) is 13.7. The maximum absolute atomic E-state index is 10.4. The Labute approximate surface area is 94.5 Å². The van der Waals surface area contributed by atoms with Gasteiger partial charge in [0.15, 0.2) is 0 Å². The smallest absolute Gasteiger partial charge is 0.320 e. The van der Waals surface area contributed by atoms with Crippen molar-refractivity contribution in [1.29, 1.82) is 0 Å². The van der Waals surface area contributed by atoms with Crippen molar-refractivity contribution >= 4 is 18.4 Å². The fraction of sp³-hybridized carbons (Fsp3) is 0.300. The molecule has 0 radical (unpaired) electrons. The van der Waals surface area contributed by atoms with Gasteiger partial charge in [0.2, 0.25) is 0 Å². The van der Waals surface area contributed by atoms with E-state index in [-0.39, 0.29) is 12.4 Å². The molecule has 1 rings (SSSR count). The number of halogens is 1. The number of carboxylic acid groups (broad SMARTS) is 1. The first-order valence-corrected chi connectivity index (χ1v) is 4.36. The number of ether oxygens (including phenoxy) is 1. The zero-order valence-electron chi connectivity index (χ0n) is 8.13. The van der Waals surface area contributed by atoms with Gasteiger partial charge < -0.3 is 15.6 Å². The summed E-state index contributed by atoms with van der Waals surface area (Å²) in [6.07, 6.45) is 0.310. The lowest BCUT2D eigenvalue weighted by Crippen LogP contribution is -2.31. The van der Waals surface area contributed by atoms with Crippen LogP contribution in [0.5, 0.6) is 5.75 Å². The van der Waals surface area contributed by atoms with Gasteiger partial charge in [-0.25, -0.2) is 0 Å². The van der Waals surface area contributed by atoms with Crippen LogP contribution in [-0.2, 0) is 4.79 Å². The van der Waals surface area contributed by atoms with Gasteiger partial charge in [-0.2, -0.15) is 0 Å². The lowest BCUT2D eigenvalue weighted by atomic mass is 10.2. The summed E-state index contributed by atoms with van der Waals surface area (Å²) in [5.74, 6) is -0.272. The van der Waals surface area contributed by atoms with Crippen LogP contribution in [0.2, 0.25) is 0 Å². The molecule has 84 valence electrons. The number of hydrogen-bond donors (Lipinski definition) is 2. The molecule has 0 saturated heterocycles. The quantitative estimate of drug-likeness (QED) is 0.801. The molecule has 0 aliphatic heterocycles. The van der Waals surface area contributed by atoms with E-state index in [9.17, 15) is 4.79 Å². The number of benzene rings is 1. The van der Waals surface area contributed by atoms with Crippen LogP contribution < -0.4 is 10.5 Å². The molecule has 5 heteroatoms. The highest BCUT2D eigenvalue weighted by molar-refractivity contribution is 5.85. The van der Waals surface area contributed by atoms with E-state index in [1.807, 2.05) is 30.3 Å². The molecule has 1 aromatic carbocycles. The van der Waals surface area contributed by atoms with E-state index in [1.54, 1.807) is 0 Å². The van der Waals surface area contributed by atoms with Gasteiger partial charge in [0.25, 0.3) is 0 Å². The fourth-order valence-electron chi connectivity index (χ4n) is 0.944. The second-order valence-corrected chi connectivity index (χ2v) is 2.89. The number of para-hydroxylation sites is 1. The van der Waals surface area contributed by atoms with Crippen molar-refractivity contribution in [3.05, 3.63) is 30.3 Å². The zero-order chi connectivity index (χ0) is 10.4. The first-order valence-electron chi connectivity index (χ1n) is 4.36. The maximum atomic E-state index is 10.4. The normalized spacial score (nSPS) is 11.3. The van der Waals surface area contributed by atoms with Gasteiger partial charge in [-0.3, -0.25) is 4.79 Å². The Hall–Kier alpha value is -1.26. The average molecular weight is 232 g/mol. The standard InChI is InChI=1S/C10H13NO3.ClH/c11-9(10(12)13)6-7-14-8-4-2-1-3-5-8;/h1-5,9H,6-7,11H2,(H,12,13);1H. The Morgan fingerprint density at radius 2 is 2.00 bits per heavy atom. The molecule has 15 heavy (non-hydrogen) atoms. The largest absolute Gasteiger partial charge is 0.494 e. The summed E-state index contributed by atoms with van der Waals surface area (Å²) in [4.78, 5) is 10.4. The molecule has 0 bridgehead atoms. The van der Waals surface area contributed by atoms with Crippen LogP contribution in [-0.4, -0.2) is 23.7 Å². The summed E-state index contributed by atoms with van der Waals surface area (Å²) in [7, 11) is 0. The van der Waals surface area contributed by atoms with E-state index < -0.39 is 12.0 Å². The van der Waals surface area contributed by atoms with E-state index in [0.29, 0.717) is 13.0 Å². The molecule has 4 nitrogen and oxygen atoms in total. The third-order valence-electron chi connectivity index (χ3n) is 1.76. The Kier molecular flexibility index (Phi) is 6.49. The molecule has 0 fully saturated rings. The molecule has 0 aliphatic rings. The predicted octanol–water partition coefficient (Wildman–Crippen LogP) is 1.29. The third-order valence-corrected chi connectivity index (χ3v) is 1.76. The minimum atomic E-state index is -0.998. The highest BCUT2D eigenvalue weighted by Gasteiger charge is 2.10. The number of carbonyl (C=O) groups is 1. The van der Waals surface area contributed by atoms with Crippen LogP contribution >= 0.6 is 12.4 Å². The zero-order valence-corrected chi connectivity index (χ0v) is 8.94. The van der Waals surface area contributed by atoms with Crippen LogP contribution in [0.25, 0.3) is 0 Å². The summed E-state index contributed by atoms with van der Waals surface area (Å²) < 4.78 is 5.28. The highest BCUT2D eigenvalue weighted by Crippen LogP contribution is 2.08. The summed E-state index contributed by atoms with van der Waals surface area (Å²) in [5, 5.41) is 8.50. The summed E-state index contributed by atoms with van der Waals surface area (Å²) in [5.41, 5.74) is 5.30. The van der Waals surface area contributed by atoms with Gasteiger partial charge in [-0.05, 0) is 12.1 Å². The minimum Gasteiger partial charge on any atom is -0.494 e. The molecule has 1 aromatic rings. The monoisotopic (exact) mass is 231 g/mol. The van der Waals surface area contributed by atoms with Gasteiger partial charge in [0, 0.05) is 6.42 Å². The number of hydrogen-bond acceptors (Lipinski definition) is 3. The van der Waals surface area contributed by atoms with E-state index in [1.165, 1.54) is 0 Å². The molecule has 0 aromatic heterocycles. The van der Waals surface area contributed by atoms with Gasteiger partial charge in [-0.15, -0.1) is 12.4 Å². The average Bonchev–Trinajstić information content (AvgIpc) is 2.19. The van der Waals surface area contributed by atoms with Crippen LogP contribution in [0.3, 0.4) is 0 Å². The summed E-state index contributed by atoms with van der Waals surface area (Å²) in [6.45, 7) is 0.317. The highest BCUT2D eigenvalue weighted by atomic mass is 35.5. The van der Waals surface area contributed by atoms with Gasteiger partial charge in [0.05, 0.1) is 6.61 Å². The Morgan fingerprint density at radius 1 is 1.40 bits per heavy atom. The minimum absolute atomic E-state index is 0. The lowest BCUT2D eigenvalue weighted by Gasteiger charge is -2.08. The molecule has 1 unspecified atom stereocenters. The van der Waals surface area contributed by atoms with E-state index in [4.69, 9.17) is 15.6 Å². The summed E-state index contributed by atoms with van der Waals surface area (Å²) >= 11 is 0. The SMILES string of the molecule is Cl.NC(CCOc1ccccc1)C(=O)O. The topological polar surface area (TPSA) is 72.5 Å². The van der Waals surface area contributed by atoms with E-state index in [2.05, 4.69) is 0 Å². The maximum Gasteiger partial charge on any atom is 0.320 e. The second-order valence-electron chi connectivity index (χ2n) is 2.89. The van der Waals surface area contributed by atoms with Crippen molar-refractivity contribution in [2.75, 3.05) is 6.61 Å². The molecule has 0 spiro atoms. The van der Waals surface area contributed by atoms with Crippen molar-refractivity contribution in [1.82, 2.24) is 0 Å². The molecule has 0 aliphatic carbocycles. The van der Waals surface area contributed by atoms with Gasteiger partial charge in [0.1, 0.15) is 11.8 Å². The molecule has 0 saturated carbocycles. The first-order chi connectivity index (χ1) is 6.70. The van der Waals surface area contributed by atoms with Crippen LogP contribution in [0.4, 0.5) is 0 Å². The fourth-order valence-corrected chi connectivity index (χ4v) is 0.944. The Morgan fingerprint density at radius 3 is 2.53 bits per heavy atom. The van der Waals surface area contributed by atoms with Crippen molar-refractivity contribution < 1.29 is 14.6 Å². The van der Waals surface area contributed by atoms with Gasteiger partial charge >= 0.3 is 5.97 Å². The molecular formula is C10H14ClNO3. The predicted molar refractivity (Wildman–Crippen MR) is 59.4 cm³/mol. The van der Waals surface area contributed by atoms with Crippen LogP contribution in [0, 0.1) is 0 Å². The van der Waals surface area contributed by atoms with Crippen LogP contribution in [0.15, 0.2) is 30.3 Å². The summed E-state index contributed by atoms with van der Waals surface area (Å²) in [6, 6.07) is 8.37. The Balaban J connectivity index is 0.00000196. The second kappa shape index (κ2) is 7.09. The molecule has 0 amide bonds.